The number of nitrogens with zero attached hydrogens (tertiary/aromatic N) is 3. The second-order valence-electron chi connectivity index (χ2n) is 10.4. The molecule has 0 aliphatic carbocycles. The number of piperazine rings is 1. The third-order valence-electron chi connectivity index (χ3n) is 8.18. The van der Waals surface area contributed by atoms with Crippen LogP contribution >= 0.6 is 0 Å². The Morgan fingerprint density at radius 1 is 0.769 bits per heavy atom. The second kappa shape index (κ2) is 11.4. The van der Waals surface area contributed by atoms with Crippen molar-refractivity contribution in [3.63, 3.8) is 0 Å². The van der Waals surface area contributed by atoms with Gasteiger partial charge >= 0.3 is 0 Å². The van der Waals surface area contributed by atoms with Gasteiger partial charge in [-0.3, -0.25) is 9.59 Å². The van der Waals surface area contributed by atoms with Gasteiger partial charge in [0.25, 0.3) is 5.91 Å². The van der Waals surface area contributed by atoms with Gasteiger partial charge in [-0.15, -0.1) is 0 Å². The standard InChI is InChI=1S/C32H37N3O4/c1-22-9-5-7-11-25(22)31(36)35-20-27(26-19-24(38-3)13-14-30(26)39-4)28(21-35)32(37)34-17-15-33(16-18-34)29-12-8-6-10-23(29)2/h5-14,19,27-28H,15-18,20-21H2,1-4H3/t27-,28+/m0/s1. The molecule has 0 unspecified atom stereocenters. The highest BCUT2D eigenvalue weighted by Crippen LogP contribution is 2.41. The Balaban J connectivity index is 1.41. The molecule has 0 saturated carbocycles. The van der Waals surface area contributed by atoms with Crippen molar-refractivity contribution in [1.82, 2.24) is 9.80 Å². The van der Waals surface area contributed by atoms with Gasteiger partial charge in [0.15, 0.2) is 0 Å². The van der Waals surface area contributed by atoms with Crippen LogP contribution in [-0.2, 0) is 4.79 Å². The van der Waals surface area contributed by atoms with E-state index in [1.807, 2.05) is 59.2 Å². The molecule has 0 N–H and O–H groups in total. The number of para-hydroxylation sites is 1. The zero-order valence-corrected chi connectivity index (χ0v) is 23.2. The molecule has 5 rings (SSSR count). The topological polar surface area (TPSA) is 62.3 Å². The number of aryl methyl sites for hydroxylation is 2. The first kappa shape index (κ1) is 26.6. The molecule has 2 saturated heterocycles. The van der Waals surface area contributed by atoms with E-state index in [0.717, 1.165) is 24.2 Å². The summed E-state index contributed by atoms with van der Waals surface area (Å²) in [6.07, 6.45) is 0. The lowest BCUT2D eigenvalue weighted by Crippen LogP contribution is -2.51. The maximum atomic E-state index is 14.1. The SMILES string of the molecule is COc1ccc(OC)c([C@@H]2CN(C(=O)c3ccccc3C)C[C@H]2C(=O)N2CCN(c3ccccc3C)CC2)c1. The van der Waals surface area contributed by atoms with Crippen molar-refractivity contribution in [3.8, 4) is 11.5 Å². The van der Waals surface area contributed by atoms with Crippen LogP contribution in [0.3, 0.4) is 0 Å². The minimum absolute atomic E-state index is 0.0420. The van der Waals surface area contributed by atoms with E-state index in [4.69, 9.17) is 9.47 Å². The van der Waals surface area contributed by atoms with E-state index in [9.17, 15) is 9.59 Å². The van der Waals surface area contributed by atoms with Crippen LogP contribution in [-0.4, -0.2) is 75.1 Å². The highest BCUT2D eigenvalue weighted by molar-refractivity contribution is 5.96. The molecule has 0 spiro atoms. The molecule has 39 heavy (non-hydrogen) atoms. The summed E-state index contributed by atoms with van der Waals surface area (Å²) in [6, 6.07) is 21.7. The van der Waals surface area contributed by atoms with Crippen LogP contribution in [0.4, 0.5) is 5.69 Å². The molecule has 2 aliphatic heterocycles. The first-order valence-electron chi connectivity index (χ1n) is 13.6. The van der Waals surface area contributed by atoms with Crippen LogP contribution < -0.4 is 14.4 Å². The van der Waals surface area contributed by atoms with Crippen LogP contribution in [0.25, 0.3) is 0 Å². The molecule has 2 fully saturated rings. The summed E-state index contributed by atoms with van der Waals surface area (Å²) in [4.78, 5) is 33.9. The summed E-state index contributed by atoms with van der Waals surface area (Å²) >= 11 is 0. The van der Waals surface area contributed by atoms with Crippen molar-refractivity contribution >= 4 is 17.5 Å². The lowest BCUT2D eigenvalue weighted by Gasteiger charge is -2.38. The van der Waals surface area contributed by atoms with Crippen molar-refractivity contribution in [1.29, 1.82) is 0 Å². The fourth-order valence-electron chi connectivity index (χ4n) is 5.97. The van der Waals surface area contributed by atoms with Crippen molar-refractivity contribution in [2.75, 3.05) is 58.4 Å². The molecule has 0 aromatic heterocycles. The molecule has 0 radical (unpaired) electrons. The molecule has 2 heterocycles. The average molecular weight is 528 g/mol. The third-order valence-corrected chi connectivity index (χ3v) is 8.18. The van der Waals surface area contributed by atoms with Gasteiger partial charge in [0.05, 0.1) is 20.1 Å². The zero-order valence-electron chi connectivity index (χ0n) is 23.2. The van der Waals surface area contributed by atoms with Gasteiger partial charge in [-0.25, -0.2) is 0 Å². The summed E-state index contributed by atoms with van der Waals surface area (Å²) in [5.74, 6) is 0.878. The molecule has 7 nitrogen and oxygen atoms in total. The Morgan fingerprint density at radius 3 is 2.13 bits per heavy atom. The second-order valence-corrected chi connectivity index (χ2v) is 10.4. The molecule has 2 amide bonds. The van der Waals surface area contributed by atoms with Crippen LogP contribution in [0.1, 0.15) is 33.0 Å². The van der Waals surface area contributed by atoms with Crippen LogP contribution in [0.2, 0.25) is 0 Å². The van der Waals surface area contributed by atoms with E-state index in [0.29, 0.717) is 43.2 Å². The number of amides is 2. The Hall–Kier alpha value is -4.00. The number of carbonyl (C=O) groups is 2. The predicted octanol–water partition coefficient (Wildman–Crippen LogP) is 4.53. The fraction of sp³-hybridized carbons (Fsp3) is 0.375. The quantitative estimate of drug-likeness (QED) is 0.472. The average Bonchev–Trinajstić information content (AvgIpc) is 3.42. The number of hydrogen-bond donors (Lipinski definition) is 0. The largest absolute Gasteiger partial charge is 0.497 e. The molecule has 3 aromatic carbocycles. The Bertz CT molecular complexity index is 1350. The van der Waals surface area contributed by atoms with Crippen molar-refractivity contribution in [3.05, 3.63) is 89.0 Å². The highest BCUT2D eigenvalue weighted by atomic mass is 16.5. The molecule has 7 heteroatoms. The summed E-state index contributed by atoms with van der Waals surface area (Å²) in [5.41, 5.74) is 4.96. The number of rotatable bonds is 6. The fourth-order valence-corrected chi connectivity index (χ4v) is 5.97. The van der Waals surface area contributed by atoms with Crippen LogP contribution in [0.5, 0.6) is 11.5 Å². The molecule has 3 aromatic rings. The lowest BCUT2D eigenvalue weighted by molar-refractivity contribution is -0.135. The van der Waals surface area contributed by atoms with Gasteiger partial charge in [0.2, 0.25) is 5.91 Å². The van der Waals surface area contributed by atoms with E-state index in [1.54, 1.807) is 14.2 Å². The molecule has 2 aliphatic rings. The van der Waals surface area contributed by atoms with Crippen LogP contribution in [0, 0.1) is 19.8 Å². The zero-order chi connectivity index (χ0) is 27.5. The summed E-state index contributed by atoms with van der Waals surface area (Å²) in [6.45, 7) is 7.74. The van der Waals surface area contributed by atoms with Crippen LogP contribution in [0.15, 0.2) is 66.7 Å². The Morgan fingerprint density at radius 2 is 1.46 bits per heavy atom. The first-order chi connectivity index (χ1) is 18.9. The van der Waals surface area contributed by atoms with Crippen molar-refractivity contribution < 1.29 is 19.1 Å². The number of methoxy groups -OCH3 is 2. The molecule has 2 atom stereocenters. The minimum atomic E-state index is -0.371. The molecular weight excluding hydrogens is 490 g/mol. The summed E-state index contributed by atoms with van der Waals surface area (Å²) in [5, 5.41) is 0. The van der Waals surface area contributed by atoms with E-state index in [1.165, 1.54) is 11.3 Å². The highest BCUT2D eigenvalue weighted by Gasteiger charge is 2.44. The molecular formula is C32H37N3O4. The molecule has 0 bridgehead atoms. The predicted molar refractivity (Wildman–Crippen MR) is 153 cm³/mol. The van der Waals surface area contributed by atoms with Gasteiger partial charge in [-0.1, -0.05) is 36.4 Å². The number of benzene rings is 3. The molecule has 204 valence electrons. The minimum Gasteiger partial charge on any atom is -0.497 e. The maximum Gasteiger partial charge on any atom is 0.254 e. The lowest BCUT2D eigenvalue weighted by atomic mass is 9.87. The number of carbonyl (C=O) groups excluding carboxylic acids is 2. The van der Waals surface area contributed by atoms with Gasteiger partial charge in [0, 0.05) is 62.0 Å². The van der Waals surface area contributed by atoms with Crippen molar-refractivity contribution in [2.45, 2.75) is 19.8 Å². The number of ether oxygens (including phenoxy) is 2. The third kappa shape index (κ3) is 5.31. The van der Waals surface area contributed by atoms with Gasteiger partial charge in [-0.2, -0.15) is 0 Å². The van der Waals surface area contributed by atoms with Crippen molar-refractivity contribution in [2.24, 2.45) is 5.92 Å². The normalized spacial score (nSPS) is 19.2. The smallest absolute Gasteiger partial charge is 0.254 e. The maximum absolute atomic E-state index is 14.1. The van der Waals surface area contributed by atoms with Gasteiger partial charge in [0.1, 0.15) is 11.5 Å². The van der Waals surface area contributed by atoms with Gasteiger partial charge < -0.3 is 24.2 Å². The number of hydrogen-bond acceptors (Lipinski definition) is 5. The van der Waals surface area contributed by atoms with E-state index in [2.05, 4.69) is 36.1 Å². The monoisotopic (exact) mass is 527 g/mol. The summed E-state index contributed by atoms with van der Waals surface area (Å²) < 4.78 is 11.2. The Labute approximate surface area is 230 Å². The summed E-state index contributed by atoms with van der Waals surface area (Å²) in [7, 11) is 3.27. The van der Waals surface area contributed by atoms with E-state index >= 15 is 0 Å². The van der Waals surface area contributed by atoms with E-state index < -0.39 is 0 Å². The Kier molecular flexibility index (Phi) is 7.77. The first-order valence-corrected chi connectivity index (χ1v) is 13.6. The number of anilines is 1. The number of likely N-dealkylation sites (tertiary alicyclic amines) is 1. The van der Waals surface area contributed by atoms with E-state index in [-0.39, 0.29) is 23.7 Å². The van der Waals surface area contributed by atoms with Gasteiger partial charge in [-0.05, 0) is 55.3 Å².